The highest BCUT2D eigenvalue weighted by Crippen LogP contribution is 2.27. The van der Waals surface area contributed by atoms with E-state index in [9.17, 15) is 0 Å². The Morgan fingerprint density at radius 2 is 1.82 bits per heavy atom. The summed E-state index contributed by atoms with van der Waals surface area (Å²) in [5.74, 6) is 0. The van der Waals surface area contributed by atoms with Crippen LogP contribution in [0.15, 0.2) is 0 Å². The Morgan fingerprint density at radius 1 is 1.27 bits per heavy atom. The summed E-state index contributed by atoms with van der Waals surface area (Å²) in [6.45, 7) is 6.81. The van der Waals surface area contributed by atoms with Gasteiger partial charge < -0.3 is 9.64 Å². The summed E-state index contributed by atoms with van der Waals surface area (Å²) in [6, 6.07) is 0.801. The third-order valence-corrected chi connectivity index (χ3v) is 2.73. The van der Waals surface area contributed by atoms with Gasteiger partial charge in [0.15, 0.2) is 0 Å². The second-order valence-corrected chi connectivity index (χ2v) is 3.20. The highest BCUT2D eigenvalue weighted by Gasteiger charge is 2.31. The van der Waals surface area contributed by atoms with E-state index in [0.717, 1.165) is 6.04 Å². The Hall–Kier alpha value is -0.0800. The largest absolute Gasteiger partial charge is 0.381 e. The Bertz CT molecular complexity index is 106. The summed E-state index contributed by atoms with van der Waals surface area (Å²) >= 11 is 0. The fourth-order valence-electron chi connectivity index (χ4n) is 1.77. The Kier molecular flexibility index (Phi) is 3.34. The maximum atomic E-state index is 5.23. The molecule has 66 valence electrons. The monoisotopic (exact) mass is 157 g/mol. The number of nitrogens with zero attached hydrogens (tertiary/aromatic N) is 1. The second-order valence-electron chi connectivity index (χ2n) is 3.20. The van der Waals surface area contributed by atoms with Gasteiger partial charge in [-0.25, -0.2) is 0 Å². The van der Waals surface area contributed by atoms with Gasteiger partial charge in [-0.1, -0.05) is 13.8 Å². The van der Waals surface area contributed by atoms with Gasteiger partial charge in [-0.2, -0.15) is 0 Å². The molecule has 1 aliphatic carbocycles. The van der Waals surface area contributed by atoms with Gasteiger partial charge in [0.1, 0.15) is 0 Å². The molecule has 0 N–H and O–H groups in total. The van der Waals surface area contributed by atoms with Crippen LogP contribution >= 0.6 is 0 Å². The Labute approximate surface area is 69.5 Å². The average molecular weight is 157 g/mol. The van der Waals surface area contributed by atoms with Crippen molar-refractivity contribution >= 4 is 0 Å². The van der Waals surface area contributed by atoms with E-state index in [2.05, 4.69) is 18.7 Å². The maximum absolute atomic E-state index is 5.23. The van der Waals surface area contributed by atoms with Crippen LogP contribution in [0.25, 0.3) is 0 Å². The first-order valence-electron chi connectivity index (χ1n) is 4.58. The maximum Gasteiger partial charge on any atom is 0.0601 e. The zero-order valence-electron chi connectivity index (χ0n) is 7.84. The summed E-state index contributed by atoms with van der Waals surface area (Å²) in [6.07, 6.45) is 3.01. The number of ether oxygens (including phenoxy) is 1. The lowest BCUT2D eigenvalue weighted by Gasteiger charge is -2.41. The molecular weight excluding hydrogens is 138 g/mol. The third kappa shape index (κ3) is 1.94. The topological polar surface area (TPSA) is 12.5 Å². The van der Waals surface area contributed by atoms with Gasteiger partial charge in [0.2, 0.25) is 0 Å². The molecule has 0 heterocycles. The van der Waals surface area contributed by atoms with Crippen LogP contribution in [0.2, 0.25) is 0 Å². The summed E-state index contributed by atoms with van der Waals surface area (Å²) in [5.41, 5.74) is 0. The van der Waals surface area contributed by atoms with Crippen molar-refractivity contribution in [1.29, 1.82) is 0 Å². The molecule has 2 heteroatoms. The molecule has 0 unspecified atom stereocenters. The molecular formula is C9H19NO. The van der Waals surface area contributed by atoms with Crippen molar-refractivity contribution in [2.24, 2.45) is 0 Å². The van der Waals surface area contributed by atoms with Gasteiger partial charge in [-0.3, -0.25) is 0 Å². The first-order valence-corrected chi connectivity index (χ1v) is 4.58. The third-order valence-electron chi connectivity index (χ3n) is 2.73. The smallest absolute Gasteiger partial charge is 0.0601 e. The molecule has 0 aromatic rings. The van der Waals surface area contributed by atoms with Gasteiger partial charge >= 0.3 is 0 Å². The van der Waals surface area contributed by atoms with Crippen LogP contribution in [0.3, 0.4) is 0 Å². The molecule has 1 rings (SSSR count). The lowest BCUT2D eigenvalue weighted by Crippen LogP contribution is -2.47. The normalized spacial score (nSPS) is 30.5. The van der Waals surface area contributed by atoms with E-state index in [1.54, 1.807) is 0 Å². The molecule has 0 saturated heterocycles. The number of hydrogen-bond donors (Lipinski definition) is 0. The number of hydrogen-bond acceptors (Lipinski definition) is 2. The molecule has 0 spiro atoms. The molecule has 0 aromatic heterocycles. The standard InChI is InChI=1S/C9H19NO/c1-4-10(5-2)8-6-9(7-8)11-3/h8-9H,4-7H2,1-3H3. The van der Waals surface area contributed by atoms with Crippen LogP contribution in [0, 0.1) is 0 Å². The minimum absolute atomic E-state index is 0.542. The van der Waals surface area contributed by atoms with E-state index in [1.165, 1.54) is 25.9 Å². The summed E-state index contributed by atoms with van der Waals surface area (Å²) in [7, 11) is 1.81. The fraction of sp³-hybridized carbons (Fsp3) is 1.00. The van der Waals surface area contributed by atoms with Gasteiger partial charge in [-0.05, 0) is 25.9 Å². The minimum atomic E-state index is 0.542. The van der Waals surface area contributed by atoms with Crippen molar-refractivity contribution in [3.05, 3.63) is 0 Å². The van der Waals surface area contributed by atoms with Crippen LogP contribution in [0.4, 0.5) is 0 Å². The molecule has 0 aromatic carbocycles. The predicted molar refractivity (Wildman–Crippen MR) is 46.7 cm³/mol. The van der Waals surface area contributed by atoms with Crippen molar-refractivity contribution in [3.8, 4) is 0 Å². The Morgan fingerprint density at radius 3 is 2.18 bits per heavy atom. The fourth-order valence-corrected chi connectivity index (χ4v) is 1.77. The van der Waals surface area contributed by atoms with Crippen LogP contribution in [-0.2, 0) is 4.74 Å². The molecule has 1 fully saturated rings. The lowest BCUT2D eigenvalue weighted by atomic mass is 9.88. The van der Waals surface area contributed by atoms with E-state index >= 15 is 0 Å². The highest BCUT2D eigenvalue weighted by atomic mass is 16.5. The van der Waals surface area contributed by atoms with Gasteiger partial charge in [0, 0.05) is 13.2 Å². The van der Waals surface area contributed by atoms with Crippen LogP contribution < -0.4 is 0 Å². The van der Waals surface area contributed by atoms with Crippen molar-refractivity contribution in [1.82, 2.24) is 4.90 Å². The van der Waals surface area contributed by atoms with E-state index in [0.29, 0.717) is 6.10 Å². The van der Waals surface area contributed by atoms with Gasteiger partial charge in [0.25, 0.3) is 0 Å². The molecule has 1 aliphatic rings. The van der Waals surface area contributed by atoms with Crippen LogP contribution in [0.1, 0.15) is 26.7 Å². The summed E-state index contributed by atoms with van der Waals surface area (Å²) in [5, 5.41) is 0. The van der Waals surface area contributed by atoms with Crippen molar-refractivity contribution in [3.63, 3.8) is 0 Å². The number of rotatable bonds is 4. The molecule has 1 saturated carbocycles. The van der Waals surface area contributed by atoms with Crippen LogP contribution in [0.5, 0.6) is 0 Å². The molecule has 11 heavy (non-hydrogen) atoms. The van der Waals surface area contributed by atoms with Gasteiger partial charge in [-0.15, -0.1) is 0 Å². The van der Waals surface area contributed by atoms with Gasteiger partial charge in [0.05, 0.1) is 6.10 Å². The zero-order valence-corrected chi connectivity index (χ0v) is 7.84. The Balaban J connectivity index is 2.19. The first-order chi connectivity index (χ1) is 5.31. The van der Waals surface area contributed by atoms with Crippen molar-refractivity contribution < 1.29 is 4.74 Å². The van der Waals surface area contributed by atoms with Crippen molar-refractivity contribution in [2.75, 3.05) is 20.2 Å². The average Bonchev–Trinajstić information content (AvgIpc) is 1.95. The highest BCUT2D eigenvalue weighted by molar-refractivity contribution is 4.86. The zero-order chi connectivity index (χ0) is 8.27. The molecule has 0 atom stereocenters. The number of methoxy groups -OCH3 is 1. The minimum Gasteiger partial charge on any atom is -0.381 e. The molecule has 0 bridgehead atoms. The van der Waals surface area contributed by atoms with Crippen molar-refractivity contribution in [2.45, 2.75) is 38.8 Å². The summed E-state index contributed by atoms with van der Waals surface area (Å²) in [4.78, 5) is 2.51. The second kappa shape index (κ2) is 4.07. The first kappa shape index (κ1) is 9.01. The summed E-state index contributed by atoms with van der Waals surface area (Å²) < 4.78 is 5.23. The van der Waals surface area contributed by atoms with E-state index in [4.69, 9.17) is 4.74 Å². The molecule has 2 nitrogen and oxygen atoms in total. The van der Waals surface area contributed by atoms with E-state index in [-0.39, 0.29) is 0 Å². The van der Waals surface area contributed by atoms with E-state index in [1.807, 2.05) is 7.11 Å². The molecule has 0 radical (unpaired) electrons. The SMILES string of the molecule is CCN(CC)C1CC(OC)C1. The lowest BCUT2D eigenvalue weighted by molar-refractivity contribution is -0.0240. The predicted octanol–water partition coefficient (Wildman–Crippen LogP) is 1.51. The van der Waals surface area contributed by atoms with Crippen LogP contribution in [-0.4, -0.2) is 37.2 Å². The molecule has 0 amide bonds. The van der Waals surface area contributed by atoms with E-state index < -0.39 is 0 Å². The molecule has 0 aliphatic heterocycles. The quantitative estimate of drug-likeness (QED) is 0.613.